The number of aliphatic hydroxyl groups excluding tert-OH is 2. The first kappa shape index (κ1) is 17.5. The Morgan fingerprint density at radius 2 is 1.82 bits per heavy atom. The Kier molecular flexibility index (Phi) is 6.87. The molecule has 22 heavy (non-hydrogen) atoms. The van der Waals surface area contributed by atoms with Crippen LogP contribution in [-0.4, -0.2) is 40.9 Å². The predicted molar refractivity (Wildman–Crippen MR) is 91.0 cm³/mol. The lowest BCUT2D eigenvalue weighted by molar-refractivity contribution is 0.0891. The van der Waals surface area contributed by atoms with Gasteiger partial charge in [0.15, 0.2) is 0 Å². The first-order valence-electron chi connectivity index (χ1n) is 8.74. The normalized spacial score (nSPS) is 21.2. The van der Waals surface area contributed by atoms with E-state index in [2.05, 4.69) is 43.0 Å². The highest BCUT2D eigenvalue weighted by Gasteiger charge is 2.22. The van der Waals surface area contributed by atoms with E-state index in [1.165, 1.54) is 24.8 Å². The van der Waals surface area contributed by atoms with Crippen LogP contribution < -0.4 is 0 Å². The summed E-state index contributed by atoms with van der Waals surface area (Å²) >= 11 is 0. The predicted octanol–water partition coefficient (Wildman–Crippen LogP) is 3.47. The summed E-state index contributed by atoms with van der Waals surface area (Å²) in [6, 6.07) is 8.86. The molecule has 0 bridgehead atoms. The van der Waals surface area contributed by atoms with E-state index in [9.17, 15) is 10.2 Å². The van der Waals surface area contributed by atoms with Crippen LogP contribution in [0.4, 0.5) is 0 Å². The lowest BCUT2D eigenvalue weighted by Gasteiger charge is -2.36. The van der Waals surface area contributed by atoms with E-state index in [1.807, 2.05) is 0 Å². The van der Waals surface area contributed by atoms with Crippen molar-refractivity contribution < 1.29 is 10.2 Å². The Hall–Kier alpha value is -0.900. The topological polar surface area (TPSA) is 43.7 Å². The van der Waals surface area contributed by atoms with Gasteiger partial charge in [-0.3, -0.25) is 0 Å². The van der Waals surface area contributed by atoms with E-state index in [4.69, 9.17) is 0 Å². The van der Waals surface area contributed by atoms with Gasteiger partial charge in [-0.05, 0) is 49.3 Å². The summed E-state index contributed by atoms with van der Waals surface area (Å²) in [5, 5.41) is 19.6. The van der Waals surface area contributed by atoms with Crippen molar-refractivity contribution in [2.75, 3.05) is 19.7 Å². The lowest BCUT2D eigenvalue weighted by Crippen LogP contribution is -2.41. The van der Waals surface area contributed by atoms with Crippen molar-refractivity contribution in [3.63, 3.8) is 0 Å². The highest BCUT2D eigenvalue weighted by atomic mass is 16.3. The maximum Gasteiger partial charge on any atom is 0.0802 e. The second kappa shape index (κ2) is 8.66. The first-order valence-corrected chi connectivity index (χ1v) is 8.74. The average molecular weight is 305 g/mol. The second-order valence-corrected chi connectivity index (χ2v) is 6.82. The number of nitrogens with zero attached hydrogens (tertiary/aromatic N) is 1. The van der Waals surface area contributed by atoms with E-state index in [0.717, 1.165) is 31.5 Å². The molecule has 1 aromatic carbocycles. The molecule has 1 heterocycles. The van der Waals surface area contributed by atoms with Crippen LogP contribution in [0.3, 0.4) is 0 Å². The van der Waals surface area contributed by atoms with E-state index in [1.54, 1.807) is 0 Å². The van der Waals surface area contributed by atoms with Crippen molar-refractivity contribution in [3.05, 3.63) is 35.4 Å². The third kappa shape index (κ3) is 4.80. The Labute approximate surface area is 135 Å². The number of rotatable bonds is 7. The fourth-order valence-electron chi connectivity index (χ4n) is 3.39. The fraction of sp³-hybridized carbons (Fsp3) is 0.684. The molecule has 3 nitrogen and oxygen atoms in total. The minimum Gasteiger partial charge on any atom is -0.396 e. The highest BCUT2D eigenvalue weighted by Crippen LogP contribution is 2.24. The maximum atomic E-state index is 10.4. The van der Waals surface area contributed by atoms with Crippen LogP contribution in [0.25, 0.3) is 0 Å². The number of hydrogen-bond acceptors (Lipinski definition) is 3. The molecular formula is C19H31NO2. The average Bonchev–Trinajstić information content (AvgIpc) is 2.54. The van der Waals surface area contributed by atoms with Gasteiger partial charge in [-0.2, -0.15) is 0 Å². The zero-order valence-electron chi connectivity index (χ0n) is 14.0. The zero-order chi connectivity index (χ0) is 15.9. The third-order valence-electron chi connectivity index (χ3n) is 4.89. The number of hydrogen-bond donors (Lipinski definition) is 2. The first-order chi connectivity index (χ1) is 10.6. The van der Waals surface area contributed by atoms with Crippen LogP contribution >= 0.6 is 0 Å². The largest absolute Gasteiger partial charge is 0.396 e. The standard InChI is InChI=1S/C19H31NO2/c1-15(2)16-6-8-17(9-7-16)19(22)10-13-20-12-4-3-5-18(20)11-14-21/h6-9,15,18-19,21-22H,3-5,10-14H2,1-2H3. The van der Waals surface area contributed by atoms with Crippen molar-refractivity contribution in [1.82, 2.24) is 4.90 Å². The molecule has 1 aliphatic heterocycles. The number of benzene rings is 1. The molecule has 3 heteroatoms. The highest BCUT2D eigenvalue weighted by molar-refractivity contribution is 5.26. The summed E-state index contributed by atoms with van der Waals surface area (Å²) in [5.74, 6) is 0.527. The van der Waals surface area contributed by atoms with Crippen molar-refractivity contribution in [2.24, 2.45) is 0 Å². The van der Waals surface area contributed by atoms with Crippen LogP contribution in [0.5, 0.6) is 0 Å². The third-order valence-corrected chi connectivity index (χ3v) is 4.89. The lowest BCUT2D eigenvalue weighted by atomic mass is 9.97. The van der Waals surface area contributed by atoms with E-state index < -0.39 is 6.10 Å². The fourth-order valence-corrected chi connectivity index (χ4v) is 3.39. The van der Waals surface area contributed by atoms with Gasteiger partial charge in [-0.1, -0.05) is 44.5 Å². The molecule has 0 amide bonds. The van der Waals surface area contributed by atoms with Crippen molar-refractivity contribution in [3.8, 4) is 0 Å². The molecule has 0 radical (unpaired) electrons. The van der Waals surface area contributed by atoms with Crippen LogP contribution in [0.2, 0.25) is 0 Å². The van der Waals surface area contributed by atoms with Crippen molar-refractivity contribution in [1.29, 1.82) is 0 Å². The van der Waals surface area contributed by atoms with Gasteiger partial charge >= 0.3 is 0 Å². The molecule has 1 fully saturated rings. The van der Waals surface area contributed by atoms with E-state index in [-0.39, 0.29) is 6.61 Å². The summed E-state index contributed by atoms with van der Waals surface area (Å²) in [4.78, 5) is 2.45. The molecular weight excluding hydrogens is 274 g/mol. The van der Waals surface area contributed by atoms with Crippen LogP contribution in [0, 0.1) is 0 Å². The Morgan fingerprint density at radius 3 is 2.45 bits per heavy atom. The molecule has 0 aliphatic carbocycles. The molecule has 1 aliphatic rings. The summed E-state index contributed by atoms with van der Waals surface area (Å²) < 4.78 is 0. The zero-order valence-corrected chi connectivity index (χ0v) is 14.0. The second-order valence-electron chi connectivity index (χ2n) is 6.82. The van der Waals surface area contributed by atoms with Crippen LogP contribution in [-0.2, 0) is 0 Å². The Bertz CT molecular complexity index is 428. The summed E-state index contributed by atoms with van der Waals surface area (Å²) in [6.45, 7) is 6.65. The molecule has 2 unspecified atom stereocenters. The molecule has 2 atom stereocenters. The summed E-state index contributed by atoms with van der Waals surface area (Å²) in [5.41, 5.74) is 2.33. The molecule has 0 saturated carbocycles. The Balaban J connectivity index is 1.86. The molecule has 0 spiro atoms. The summed E-state index contributed by atoms with van der Waals surface area (Å²) in [6.07, 6.45) is 4.92. The van der Waals surface area contributed by atoms with Gasteiger partial charge in [-0.15, -0.1) is 0 Å². The molecule has 2 N–H and O–H groups in total. The van der Waals surface area contributed by atoms with Gasteiger partial charge in [0.25, 0.3) is 0 Å². The maximum absolute atomic E-state index is 10.4. The van der Waals surface area contributed by atoms with Gasteiger partial charge in [-0.25, -0.2) is 0 Å². The van der Waals surface area contributed by atoms with Gasteiger partial charge in [0.1, 0.15) is 0 Å². The smallest absolute Gasteiger partial charge is 0.0802 e. The van der Waals surface area contributed by atoms with Gasteiger partial charge in [0, 0.05) is 19.2 Å². The molecule has 1 aromatic rings. The molecule has 0 aromatic heterocycles. The quantitative estimate of drug-likeness (QED) is 0.810. The minimum atomic E-state index is -0.391. The SMILES string of the molecule is CC(C)c1ccc(C(O)CCN2CCCCC2CCO)cc1. The van der Waals surface area contributed by atoms with Gasteiger partial charge in [0.2, 0.25) is 0 Å². The molecule has 124 valence electrons. The monoisotopic (exact) mass is 305 g/mol. The van der Waals surface area contributed by atoms with E-state index in [0.29, 0.717) is 12.0 Å². The van der Waals surface area contributed by atoms with Crippen LogP contribution in [0.1, 0.15) is 69.1 Å². The Morgan fingerprint density at radius 1 is 1.14 bits per heavy atom. The van der Waals surface area contributed by atoms with Crippen LogP contribution in [0.15, 0.2) is 24.3 Å². The summed E-state index contributed by atoms with van der Waals surface area (Å²) in [7, 11) is 0. The van der Waals surface area contributed by atoms with Crippen molar-refractivity contribution >= 4 is 0 Å². The minimum absolute atomic E-state index is 0.264. The molecule has 2 rings (SSSR count). The molecule has 1 saturated heterocycles. The number of likely N-dealkylation sites (tertiary alicyclic amines) is 1. The number of piperidine rings is 1. The van der Waals surface area contributed by atoms with E-state index >= 15 is 0 Å². The van der Waals surface area contributed by atoms with Gasteiger partial charge < -0.3 is 15.1 Å². The number of aliphatic hydroxyl groups is 2. The van der Waals surface area contributed by atoms with Gasteiger partial charge in [0.05, 0.1) is 6.10 Å². The van der Waals surface area contributed by atoms with Crippen molar-refractivity contribution in [2.45, 2.75) is 64.0 Å².